The Bertz CT molecular complexity index is 595. The molecule has 4 heteroatoms. The highest BCUT2D eigenvalue weighted by molar-refractivity contribution is 6.36. The minimum absolute atomic E-state index is 0.512. The normalized spacial score (nSPS) is 10.4. The number of hydrogen-bond donors (Lipinski definition) is 2. The number of aryl methyl sites for hydroxylation is 2. The summed E-state index contributed by atoms with van der Waals surface area (Å²) >= 11 is 12.3. The van der Waals surface area contributed by atoms with Gasteiger partial charge in [0, 0.05) is 0 Å². The average molecular weight is 281 g/mol. The number of nitrogens with two attached hydrogens (primary N) is 1. The topological polar surface area (TPSA) is 38.0 Å². The van der Waals surface area contributed by atoms with E-state index in [-0.39, 0.29) is 0 Å². The van der Waals surface area contributed by atoms with E-state index >= 15 is 0 Å². The third-order valence-corrected chi connectivity index (χ3v) is 3.39. The van der Waals surface area contributed by atoms with Crippen molar-refractivity contribution < 1.29 is 0 Å². The molecule has 0 atom stereocenters. The Kier molecular flexibility index (Phi) is 3.69. The van der Waals surface area contributed by atoms with E-state index in [0.717, 1.165) is 22.5 Å². The maximum absolute atomic E-state index is 6.18. The molecule has 0 aliphatic rings. The summed E-state index contributed by atoms with van der Waals surface area (Å²) in [4.78, 5) is 0. The minimum atomic E-state index is 0.512. The van der Waals surface area contributed by atoms with Crippen LogP contribution in [0.25, 0.3) is 0 Å². The summed E-state index contributed by atoms with van der Waals surface area (Å²) in [6, 6.07) is 9.56. The monoisotopic (exact) mass is 280 g/mol. The SMILES string of the molecule is Cc1ccc(Cl)c(Nc2cc(C)cc(N)c2Cl)c1. The van der Waals surface area contributed by atoms with Gasteiger partial charge >= 0.3 is 0 Å². The van der Waals surface area contributed by atoms with Crippen molar-refractivity contribution in [2.75, 3.05) is 11.1 Å². The van der Waals surface area contributed by atoms with Crippen LogP contribution in [-0.2, 0) is 0 Å². The quantitative estimate of drug-likeness (QED) is 0.765. The van der Waals surface area contributed by atoms with E-state index in [9.17, 15) is 0 Å². The van der Waals surface area contributed by atoms with Crippen molar-refractivity contribution >= 4 is 40.3 Å². The molecule has 2 nitrogen and oxygen atoms in total. The Labute approximate surface area is 117 Å². The molecule has 0 unspecified atom stereocenters. The highest BCUT2D eigenvalue weighted by Gasteiger charge is 2.08. The van der Waals surface area contributed by atoms with Crippen molar-refractivity contribution in [1.82, 2.24) is 0 Å². The smallest absolute Gasteiger partial charge is 0.0870 e. The van der Waals surface area contributed by atoms with Crippen LogP contribution < -0.4 is 11.1 Å². The van der Waals surface area contributed by atoms with Gasteiger partial charge in [-0.15, -0.1) is 0 Å². The van der Waals surface area contributed by atoms with Crippen molar-refractivity contribution in [2.24, 2.45) is 0 Å². The van der Waals surface area contributed by atoms with Crippen LogP contribution in [0.5, 0.6) is 0 Å². The lowest BCUT2D eigenvalue weighted by Crippen LogP contribution is -1.96. The van der Waals surface area contributed by atoms with Gasteiger partial charge in [-0.05, 0) is 49.2 Å². The summed E-state index contributed by atoms with van der Waals surface area (Å²) in [7, 11) is 0. The summed E-state index contributed by atoms with van der Waals surface area (Å²) < 4.78 is 0. The Hall–Kier alpha value is -1.38. The van der Waals surface area contributed by atoms with E-state index in [0.29, 0.717) is 15.7 Å². The maximum atomic E-state index is 6.18. The number of halogens is 2. The van der Waals surface area contributed by atoms with E-state index in [4.69, 9.17) is 28.9 Å². The first-order valence-corrected chi connectivity index (χ1v) is 6.32. The fraction of sp³-hybridized carbons (Fsp3) is 0.143. The van der Waals surface area contributed by atoms with Gasteiger partial charge < -0.3 is 11.1 Å². The predicted octanol–water partition coefficient (Wildman–Crippen LogP) is 4.94. The molecule has 18 heavy (non-hydrogen) atoms. The van der Waals surface area contributed by atoms with Crippen molar-refractivity contribution in [3.05, 3.63) is 51.5 Å². The number of benzene rings is 2. The molecule has 3 N–H and O–H groups in total. The summed E-state index contributed by atoms with van der Waals surface area (Å²) in [6.45, 7) is 3.98. The first-order chi connectivity index (χ1) is 8.47. The molecule has 2 aromatic rings. The summed E-state index contributed by atoms with van der Waals surface area (Å²) in [6.07, 6.45) is 0. The van der Waals surface area contributed by atoms with Gasteiger partial charge in [-0.25, -0.2) is 0 Å². The summed E-state index contributed by atoms with van der Waals surface area (Å²) in [5.74, 6) is 0. The van der Waals surface area contributed by atoms with Crippen LogP contribution in [-0.4, -0.2) is 0 Å². The molecule has 2 rings (SSSR count). The van der Waals surface area contributed by atoms with Crippen LogP contribution >= 0.6 is 23.2 Å². The van der Waals surface area contributed by atoms with Gasteiger partial charge in [0.25, 0.3) is 0 Å². The molecular weight excluding hydrogens is 267 g/mol. The van der Waals surface area contributed by atoms with Gasteiger partial charge in [-0.3, -0.25) is 0 Å². The highest BCUT2D eigenvalue weighted by Crippen LogP contribution is 2.34. The average Bonchev–Trinajstić information content (AvgIpc) is 2.30. The lowest BCUT2D eigenvalue weighted by molar-refractivity contribution is 1.42. The molecule has 0 bridgehead atoms. The van der Waals surface area contributed by atoms with Crippen molar-refractivity contribution in [2.45, 2.75) is 13.8 Å². The van der Waals surface area contributed by atoms with Gasteiger partial charge in [-0.2, -0.15) is 0 Å². The van der Waals surface area contributed by atoms with Gasteiger partial charge in [0.1, 0.15) is 0 Å². The molecule has 2 aromatic carbocycles. The zero-order valence-electron chi connectivity index (χ0n) is 10.2. The van der Waals surface area contributed by atoms with E-state index in [1.165, 1.54) is 0 Å². The number of nitrogens with one attached hydrogen (secondary N) is 1. The molecule has 0 saturated carbocycles. The first-order valence-electron chi connectivity index (χ1n) is 5.56. The molecule has 0 radical (unpaired) electrons. The Morgan fingerprint density at radius 3 is 2.33 bits per heavy atom. The van der Waals surface area contributed by atoms with E-state index < -0.39 is 0 Å². The fourth-order valence-electron chi connectivity index (χ4n) is 1.77. The van der Waals surface area contributed by atoms with Crippen LogP contribution in [0.3, 0.4) is 0 Å². The van der Waals surface area contributed by atoms with Crippen molar-refractivity contribution in [3.63, 3.8) is 0 Å². The Morgan fingerprint density at radius 2 is 1.61 bits per heavy atom. The van der Waals surface area contributed by atoms with Crippen LogP contribution in [0.2, 0.25) is 10.0 Å². The summed E-state index contributed by atoms with van der Waals surface area (Å²) in [5, 5.41) is 4.38. The van der Waals surface area contributed by atoms with E-state index in [2.05, 4.69) is 5.32 Å². The molecule has 0 spiro atoms. The molecule has 0 heterocycles. The number of hydrogen-bond acceptors (Lipinski definition) is 2. The maximum Gasteiger partial charge on any atom is 0.0870 e. The second-order valence-corrected chi connectivity index (χ2v) is 5.11. The highest BCUT2D eigenvalue weighted by atomic mass is 35.5. The Morgan fingerprint density at radius 1 is 0.944 bits per heavy atom. The fourth-order valence-corrected chi connectivity index (χ4v) is 2.09. The number of nitrogen functional groups attached to an aromatic ring is 1. The molecule has 0 amide bonds. The lowest BCUT2D eigenvalue weighted by Gasteiger charge is -2.13. The molecule has 0 fully saturated rings. The first kappa shape index (κ1) is 13.1. The second-order valence-electron chi connectivity index (χ2n) is 4.32. The third-order valence-electron chi connectivity index (χ3n) is 2.64. The molecule has 0 saturated heterocycles. The number of rotatable bonds is 2. The molecule has 0 aliphatic heterocycles. The third kappa shape index (κ3) is 2.71. The van der Waals surface area contributed by atoms with Crippen LogP contribution in [0.4, 0.5) is 17.1 Å². The van der Waals surface area contributed by atoms with E-state index in [1.807, 2.05) is 44.2 Å². The second kappa shape index (κ2) is 5.09. The molecular formula is C14H14Cl2N2. The zero-order valence-corrected chi connectivity index (χ0v) is 11.7. The van der Waals surface area contributed by atoms with Crippen LogP contribution in [0.15, 0.2) is 30.3 Å². The number of anilines is 3. The molecule has 0 aliphatic carbocycles. The Balaban J connectivity index is 2.43. The minimum Gasteiger partial charge on any atom is -0.397 e. The van der Waals surface area contributed by atoms with Gasteiger partial charge in [0.05, 0.1) is 27.1 Å². The molecule has 0 aromatic heterocycles. The van der Waals surface area contributed by atoms with E-state index in [1.54, 1.807) is 0 Å². The predicted molar refractivity (Wildman–Crippen MR) is 80.1 cm³/mol. The van der Waals surface area contributed by atoms with Gasteiger partial charge in [0.15, 0.2) is 0 Å². The largest absolute Gasteiger partial charge is 0.397 e. The van der Waals surface area contributed by atoms with Gasteiger partial charge in [0.2, 0.25) is 0 Å². The molecule has 94 valence electrons. The van der Waals surface area contributed by atoms with Crippen molar-refractivity contribution in [3.8, 4) is 0 Å². The van der Waals surface area contributed by atoms with Crippen molar-refractivity contribution in [1.29, 1.82) is 0 Å². The van der Waals surface area contributed by atoms with Crippen LogP contribution in [0, 0.1) is 13.8 Å². The standard InChI is InChI=1S/C14H14Cl2N2/c1-8-3-4-10(15)12(6-8)18-13-7-9(2)5-11(17)14(13)16/h3-7,18H,17H2,1-2H3. The summed E-state index contributed by atoms with van der Waals surface area (Å²) in [5.41, 5.74) is 10.2. The lowest BCUT2D eigenvalue weighted by atomic mass is 10.1. The zero-order chi connectivity index (χ0) is 13.3. The van der Waals surface area contributed by atoms with Gasteiger partial charge in [-0.1, -0.05) is 29.3 Å². The van der Waals surface area contributed by atoms with Crippen LogP contribution in [0.1, 0.15) is 11.1 Å².